The number of para-hydroxylation sites is 2. The van der Waals surface area contributed by atoms with Gasteiger partial charge >= 0.3 is 0 Å². The van der Waals surface area contributed by atoms with Gasteiger partial charge < -0.3 is 0 Å². The number of hydrogen-bond acceptors (Lipinski definition) is 1. The fraction of sp³-hybridized carbons (Fsp3) is 0.0217. The van der Waals surface area contributed by atoms with Crippen LogP contribution < -0.4 is 0 Å². The maximum Gasteiger partial charge on any atom is 0.111 e. The monoisotopic (exact) mass is 623 g/mol. The summed E-state index contributed by atoms with van der Waals surface area (Å²) >= 11 is 0. The van der Waals surface area contributed by atoms with E-state index < -0.39 is 31.0 Å². The molecule has 0 aliphatic carbocycles. The highest BCUT2D eigenvalue weighted by Crippen LogP contribution is 2.45. The molecule has 9 aromatic rings. The first-order chi connectivity index (χ1) is 28.3. The Morgan fingerprint density at radius 1 is 0.479 bits per heavy atom. The molecule has 1 aromatic heterocycles. The zero-order valence-corrected chi connectivity index (χ0v) is 25.5. The molecule has 8 aromatic carbocycles. The fourth-order valence-corrected chi connectivity index (χ4v) is 6.63. The van der Waals surface area contributed by atoms with Crippen LogP contribution in [0, 0.1) is 6.85 Å². The average molecular weight is 624 g/mol. The summed E-state index contributed by atoms with van der Waals surface area (Å²) < 4.78 is 99.4. The lowest BCUT2D eigenvalue weighted by atomic mass is 9.84. The van der Waals surface area contributed by atoms with Crippen molar-refractivity contribution in [2.75, 3.05) is 0 Å². The summed E-state index contributed by atoms with van der Waals surface area (Å²) in [5.41, 5.74) is 6.23. The van der Waals surface area contributed by atoms with Crippen molar-refractivity contribution in [3.8, 4) is 50.2 Å². The van der Waals surface area contributed by atoms with E-state index in [1.165, 1.54) is 0 Å². The Balaban J connectivity index is 1.43. The second-order valence-electron chi connectivity index (χ2n) is 11.6. The number of benzene rings is 8. The lowest BCUT2D eigenvalue weighted by Crippen LogP contribution is -1.97. The fourth-order valence-electron chi connectivity index (χ4n) is 6.63. The second-order valence-corrected chi connectivity index (χ2v) is 11.6. The van der Waals surface area contributed by atoms with E-state index in [2.05, 4.69) is 4.98 Å². The van der Waals surface area contributed by atoms with Crippen LogP contribution in [0.1, 0.15) is 20.9 Å². The third-order valence-corrected chi connectivity index (χ3v) is 8.79. The molecule has 0 saturated heterocycles. The molecule has 9 rings (SSSR count). The molecule has 0 N–H and O–H groups in total. The van der Waals surface area contributed by atoms with Crippen molar-refractivity contribution in [1.82, 2.24) is 9.55 Å². The second kappa shape index (κ2) is 11.5. The topological polar surface area (TPSA) is 17.8 Å². The first-order valence-electron chi connectivity index (χ1n) is 21.1. The van der Waals surface area contributed by atoms with Crippen molar-refractivity contribution in [2.24, 2.45) is 0 Å². The predicted molar refractivity (Wildman–Crippen MR) is 203 cm³/mol. The number of fused-ring (bicyclic) bond motifs is 3. The standard InChI is InChI=1S/C46H32N2/c1-31-47-43-22-12-13-23-44(43)48(31)38-26-24-34(25-27-38)45-39-18-8-10-20-41(39)46(42-21-11-9-19-40(42)45)37-29-35(32-14-4-2-5-15-32)28-36(30-37)33-16-6-3-7-17-33/h2-30H,1H3/i1D3,8D,9D,10D,11D,18D,19D,20D,21D. The minimum atomic E-state index is -2.55. The van der Waals surface area contributed by atoms with E-state index in [0.29, 0.717) is 27.8 Å². The normalized spacial score (nSPS) is 15.0. The van der Waals surface area contributed by atoms with Gasteiger partial charge in [-0.1, -0.05) is 133 Å². The number of imidazole rings is 1. The third-order valence-electron chi connectivity index (χ3n) is 8.79. The molecular weight excluding hydrogens is 581 g/mol. The molecular formula is C46H32N2. The zero-order chi connectivity index (χ0) is 41.5. The van der Waals surface area contributed by atoms with Gasteiger partial charge in [-0.2, -0.15) is 0 Å². The third kappa shape index (κ3) is 4.70. The molecule has 0 amide bonds. The van der Waals surface area contributed by atoms with Crippen molar-refractivity contribution in [1.29, 1.82) is 0 Å². The van der Waals surface area contributed by atoms with Gasteiger partial charge in [0, 0.05) is 9.80 Å². The number of nitrogens with zero attached hydrogens (tertiary/aromatic N) is 2. The Morgan fingerprint density at radius 2 is 0.958 bits per heavy atom. The van der Waals surface area contributed by atoms with Crippen LogP contribution in [-0.2, 0) is 0 Å². The van der Waals surface area contributed by atoms with Crippen molar-refractivity contribution in [2.45, 2.75) is 6.85 Å². The van der Waals surface area contributed by atoms with Crippen LogP contribution in [0.3, 0.4) is 0 Å². The first kappa shape index (κ1) is 18.8. The molecule has 0 bridgehead atoms. The molecule has 0 fully saturated rings. The van der Waals surface area contributed by atoms with Crippen LogP contribution >= 0.6 is 0 Å². The van der Waals surface area contributed by atoms with Gasteiger partial charge in [0.1, 0.15) is 5.82 Å². The molecule has 0 unspecified atom stereocenters. The average Bonchev–Trinajstić information content (AvgIpc) is 3.66. The largest absolute Gasteiger partial charge is 0.297 e. The number of aryl methyl sites for hydroxylation is 1. The van der Waals surface area contributed by atoms with Crippen molar-refractivity contribution < 1.29 is 15.1 Å². The minimum Gasteiger partial charge on any atom is -0.297 e. The Hall–Kier alpha value is -6.25. The van der Waals surface area contributed by atoms with Gasteiger partial charge in [0.15, 0.2) is 0 Å². The van der Waals surface area contributed by atoms with Gasteiger partial charge in [0.25, 0.3) is 0 Å². The van der Waals surface area contributed by atoms with E-state index in [0.717, 1.165) is 22.3 Å². The van der Waals surface area contributed by atoms with E-state index >= 15 is 0 Å². The molecule has 0 aliphatic rings. The minimum absolute atomic E-state index is 0.0823. The van der Waals surface area contributed by atoms with Gasteiger partial charge in [0.2, 0.25) is 0 Å². The highest BCUT2D eigenvalue weighted by atomic mass is 15.1. The number of hydrogen-bond donors (Lipinski definition) is 0. The summed E-state index contributed by atoms with van der Waals surface area (Å²) in [5.74, 6) is -0.137. The van der Waals surface area contributed by atoms with E-state index in [9.17, 15) is 5.48 Å². The summed E-state index contributed by atoms with van der Waals surface area (Å²) in [4.78, 5) is 4.42. The van der Waals surface area contributed by atoms with Crippen molar-refractivity contribution in [3.63, 3.8) is 0 Å². The van der Waals surface area contributed by atoms with Crippen LogP contribution in [0.4, 0.5) is 0 Å². The van der Waals surface area contributed by atoms with Gasteiger partial charge in [-0.25, -0.2) is 4.98 Å². The molecule has 0 atom stereocenters. The van der Waals surface area contributed by atoms with Gasteiger partial charge in [0.05, 0.1) is 22.0 Å². The molecule has 1 heterocycles. The van der Waals surface area contributed by atoms with Crippen LogP contribution in [0.25, 0.3) is 82.8 Å². The van der Waals surface area contributed by atoms with E-state index in [-0.39, 0.29) is 62.7 Å². The molecule has 0 saturated carbocycles. The molecule has 0 radical (unpaired) electrons. The van der Waals surface area contributed by atoms with E-state index in [1.807, 2.05) is 78.9 Å². The highest BCUT2D eigenvalue weighted by Gasteiger charge is 2.18. The van der Waals surface area contributed by atoms with Crippen LogP contribution in [0.15, 0.2) is 176 Å². The van der Waals surface area contributed by atoms with E-state index in [4.69, 9.17) is 9.60 Å². The van der Waals surface area contributed by atoms with Crippen LogP contribution in [0.2, 0.25) is 0 Å². The maximum absolute atomic E-state index is 9.45. The molecule has 0 spiro atoms. The summed E-state index contributed by atoms with van der Waals surface area (Å²) in [6.07, 6.45) is 0. The van der Waals surface area contributed by atoms with Crippen molar-refractivity contribution in [3.05, 3.63) is 182 Å². The number of aromatic nitrogens is 2. The van der Waals surface area contributed by atoms with Crippen LogP contribution in [-0.4, -0.2) is 9.55 Å². The summed E-state index contributed by atoms with van der Waals surface area (Å²) in [6, 6.07) is 35.5. The number of rotatable bonds is 5. The van der Waals surface area contributed by atoms with Crippen LogP contribution in [0.5, 0.6) is 0 Å². The molecule has 2 heteroatoms. The Bertz CT molecular complexity index is 3020. The quantitative estimate of drug-likeness (QED) is 0.174. The van der Waals surface area contributed by atoms with Gasteiger partial charge in [-0.15, -0.1) is 0 Å². The Kier molecular flexibility index (Phi) is 4.51. The Labute approximate surface area is 295 Å². The van der Waals surface area contributed by atoms with E-state index in [1.54, 1.807) is 53.1 Å². The lowest BCUT2D eigenvalue weighted by molar-refractivity contribution is 1.00. The molecule has 48 heavy (non-hydrogen) atoms. The summed E-state index contributed by atoms with van der Waals surface area (Å²) in [6.45, 7) is -2.55. The SMILES string of the molecule is [2H]c1c([2H])c([2H])c2c(-c3cc(-c4ccccc4)cc(-c4ccccc4)c3)c3c([2H])c([2H])c([2H])c([2H])c3c(-c3ccc(-n4c(C([2H])([2H])[2H])nc5ccccc54)cc3)c2c1[2H]. The van der Waals surface area contributed by atoms with Gasteiger partial charge in [-0.05, 0) is 115 Å². The maximum atomic E-state index is 9.45. The predicted octanol–water partition coefficient (Wildman–Crippen LogP) is 12.3. The van der Waals surface area contributed by atoms with Gasteiger partial charge in [-0.3, -0.25) is 4.57 Å². The smallest absolute Gasteiger partial charge is 0.111 e. The van der Waals surface area contributed by atoms with Crippen molar-refractivity contribution >= 4 is 32.6 Å². The Morgan fingerprint density at radius 3 is 1.50 bits per heavy atom. The molecule has 0 aliphatic heterocycles. The summed E-state index contributed by atoms with van der Waals surface area (Å²) in [5, 5.41) is 0.363. The lowest BCUT2D eigenvalue weighted by Gasteiger charge is -2.19. The highest BCUT2D eigenvalue weighted by molar-refractivity contribution is 6.21. The molecule has 2 nitrogen and oxygen atoms in total. The zero-order valence-electron chi connectivity index (χ0n) is 36.5. The first-order valence-corrected chi connectivity index (χ1v) is 15.6. The molecule has 226 valence electrons. The summed E-state index contributed by atoms with van der Waals surface area (Å²) in [7, 11) is 0.